The summed E-state index contributed by atoms with van der Waals surface area (Å²) in [5.41, 5.74) is 2.93. The van der Waals surface area contributed by atoms with Crippen LogP contribution in [0.2, 0.25) is 0 Å². The van der Waals surface area contributed by atoms with Gasteiger partial charge in [0.25, 0.3) is 0 Å². The molecule has 0 aliphatic heterocycles. The summed E-state index contributed by atoms with van der Waals surface area (Å²) in [5, 5.41) is 0. The Morgan fingerprint density at radius 2 is 1.86 bits per heavy atom. The lowest BCUT2D eigenvalue weighted by molar-refractivity contribution is 0.601. The van der Waals surface area contributed by atoms with Crippen molar-refractivity contribution in [2.45, 2.75) is 19.3 Å². The van der Waals surface area contributed by atoms with Crippen molar-refractivity contribution in [2.24, 2.45) is 0 Å². The number of benzene rings is 1. The highest BCUT2D eigenvalue weighted by atomic mass is 32.1. The number of rotatable bonds is 2. The second kappa shape index (κ2) is 3.50. The van der Waals surface area contributed by atoms with E-state index in [-0.39, 0.29) is 5.41 Å². The molecule has 0 bridgehead atoms. The van der Waals surface area contributed by atoms with E-state index in [0.29, 0.717) is 0 Å². The first kappa shape index (κ1) is 9.34. The molecular formula is C11H12N2S. The highest BCUT2D eigenvalue weighted by molar-refractivity contribution is 7.03. The van der Waals surface area contributed by atoms with E-state index in [1.807, 2.05) is 18.2 Å². The Morgan fingerprint density at radius 1 is 1.14 bits per heavy atom. The van der Waals surface area contributed by atoms with Crippen LogP contribution in [0.4, 0.5) is 0 Å². The minimum atomic E-state index is -0.0960. The van der Waals surface area contributed by atoms with E-state index in [9.17, 15) is 0 Å². The van der Waals surface area contributed by atoms with E-state index in [2.05, 4.69) is 35.3 Å². The Bertz CT molecular complexity index is 392. The van der Waals surface area contributed by atoms with Crippen LogP contribution in [-0.4, -0.2) is 9.36 Å². The average molecular weight is 204 g/mol. The molecule has 1 heterocycles. The first-order valence-electron chi connectivity index (χ1n) is 4.53. The standard InChI is InChI=1S/C11H12N2S/c1-11(2,10-12-8-14-13-10)9-6-4-3-5-7-9/h3-8H,1-2H3. The molecule has 0 atom stereocenters. The Kier molecular flexibility index (Phi) is 2.33. The maximum atomic E-state index is 4.29. The van der Waals surface area contributed by atoms with Crippen LogP contribution in [0.25, 0.3) is 0 Å². The van der Waals surface area contributed by atoms with Crippen molar-refractivity contribution in [1.29, 1.82) is 0 Å². The average Bonchev–Trinajstić information content (AvgIpc) is 2.72. The van der Waals surface area contributed by atoms with E-state index in [1.165, 1.54) is 17.1 Å². The first-order valence-corrected chi connectivity index (χ1v) is 5.37. The van der Waals surface area contributed by atoms with Crippen LogP contribution in [0.3, 0.4) is 0 Å². The molecule has 1 aromatic carbocycles. The predicted octanol–water partition coefficient (Wildman–Crippen LogP) is 2.86. The van der Waals surface area contributed by atoms with Gasteiger partial charge in [-0.1, -0.05) is 30.3 Å². The summed E-state index contributed by atoms with van der Waals surface area (Å²) in [6, 6.07) is 10.3. The van der Waals surface area contributed by atoms with Gasteiger partial charge in [0.15, 0.2) is 5.82 Å². The van der Waals surface area contributed by atoms with Crippen molar-refractivity contribution >= 4 is 11.5 Å². The third-order valence-electron chi connectivity index (χ3n) is 2.42. The maximum absolute atomic E-state index is 4.29. The topological polar surface area (TPSA) is 25.8 Å². The van der Waals surface area contributed by atoms with E-state index < -0.39 is 0 Å². The normalized spacial score (nSPS) is 11.6. The third kappa shape index (κ3) is 1.55. The summed E-state index contributed by atoms with van der Waals surface area (Å²) in [6.45, 7) is 4.29. The molecule has 0 fully saturated rings. The monoisotopic (exact) mass is 204 g/mol. The Hall–Kier alpha value is -1.22. The molecule has 2 nitrogen and oxygen atoms in total. The molecule has 72 valence electrons. The van der Waals surface area contributed by atoms with Crippen LogP contribution >= 0.6 is 11.5 Å². The van der Waals surface area contributed by atoms with E-state index in [4.69, 9.17) is 0 Å². The highest BCUT2D eigenvalue weighted by Gasteiger charge is 2.26. The van der Waals surface area contributed by atoms with E-state index >= 15 is 0 Å². The summed E-state index contributed by atoms with van der Waals surface area (Å²) < 4.78 is 4.29. The number of nitrogens with zero attached hydrogens (tertiary/aromatic N) is 2. The van der Waals surface area contributed by atoms with Gasteiger partial charge in [0.05, 0.1) is 5.41 Å². The molecule has 2 rings (SSSR count). The van der Waals surface area contributed by atoms with E-state index in [0.717, 1.165) is 5.82 Å². The van der Waals surface area contributed by atoms with Gasteiger partial charge < -0.3 is 0 Å². The van der Waals surface area contributed by atoms with E-state index in [1.54, 1.807) is 5.51 Å². The van der Waals surface area contributed by atoms with Crippen molar-refractivity contribution in [2.75, 3.05) is 0 Å². The minimum absolute atomic E-state index is 0.0960. The lowest BCUT2D eigenvalue weighted by Crippen LogP contribution is -2.20. The van der Waals surface area contributed by atoms with Gasteiger partial charge in [0, 0.05) is 0 Å². The van der Waals surface area contributed by atoms with Crippen molar-refractivity contribution in [1.82, 2.24) is 9.36 Å². The summed E-state index contributed by atoms with van der Waals surface area (Å²) in [5.74, 6) is 0.897. The largest absolute Gasteiger partial charge is 0.227 e. The second-order valence-corrected chi connectivity index (χ2v) is 4.35. The SMILES string of the molecule is CC(C)(c1ccccc1)c1ncsn1. The fourth-order valence-corrected chi connectivity index (χ4v) is 2.00. The molecule has 1 aromatic heterocycles. The molecule has 0 saturated heterocycles. The predicted molar refractivity (Wildman–Crippen MR) is 58.5 cm³/mol. The number of aromatic nitrogens is 2. The van der Waals surface area contributed by atoms with Gasteiger partial charge in [-0.3, -0.25) is 0 Å². The lowest BCUT2D eigenvalue weighted by atomic mass is 9.84. The zero-order chi connectivity index (χ0) is 10.0. The van der Waals surface area contributed by atoms with Gasteiger partial charge in [0.1, 0.15) is 5.51 Å². The third-order valence-corrected chi connectivity index (χ3v) is 2.89. The smallest absolute Gasteiger partial charge is 0.152 e. The van der Waals surface area contributed by atoms with Crippen molar-refractivity contribution in [3.05, 3.63) is 47.2 Å². The van der Waals surface area contributed by atoms with Crippen LogP contribution in [0, 0.1) is 0 Å². The van der Waals surface area contributed by atoms with Gasteiger partial charge in [-0.2, -0.15) is 4.37 Å². The Labute approximate surface area is 87.8 Å². The fraction of sp³-hybridized carbons (Fsp3) is 0.273. The fourth-order valence-electron chi connectivity index (χ4n) is 1.43. The minimum Gasteiger partial charge on any atom is -0.227 e. The molecule has 14 heavy (non-hydrogen) atoms. The van der Waals surface area contributed by atoms with Crippen LogP contribution in [0.5, 0.6) is 0 Å². The molecule has 0 saturated carbocycles. The lowest BCUT2D eigenvalue weighted by Gasteiger charge is -2.21. The molecule has 0 aliphatic rings. The first-order chi connectivity index (χ1) is 6.71. The molecule has 0 unspecified atom stereocenters. The van der Waals surface area contributed by atoms with Crippen LogP contribution in [0.15, 0.2) is 35.8 Å². The zero-order valence-corrected chi connectivity index (χ0v) is 9.08. The molecule has 0 radical (unpaired) electrons. The van der Waals surface area contributed by atoms with Gasteiger partial charge in [-0.15, -0.1) is 0 Å². The van der Waals surface area contributed by atoms with Crippen LogP contribution in [-0.2, 0) is 5.41 Å². The quantitative estimate of drug-likeness (QED) is 0.751. The molecule has 0 aliphatic carbocycles. The highest BCUT2D eigenvalue weighted by Crippen LogP contribution is 2.28. The summed E-state index contributed by atoms with van der Waals surface area (Å²) in [6.07, 6.45) is 0. The van der Waals surface area contributed by atoms with Crippen molar-refractivity contribution < 1.29 is 0 Å². The number of hydrogen-bond acceptors (Lipinski definition) is 3. The van der Waals surface area contributed by atoms with Gasteiger partial charge in [-0.05, 0) is 30.9 Å². The molecular weight excluding hydrogens is 192 g/mol. The van der Waals surface area contributed by atoms with Gasteiger partial charge in [-0.25, -0.2) is 4.98 Å². The summed E-state index contributed by atoms with van der Waals surface area (Å²) >= 11 is 1.40. The second-order valence-electron chi connectivity index (χ2n) is 3.75. The van der Waals surface area contributed by atoms with Crippen molar-refractivity contribution in [3.63, 3.8) is 0 Å². The molecule has 0 N–H and O–H groups in total. The molecule has 3 heteroatoms. The van der Waals surface area contributed by atoms with Crippen LogP contribution in [0.1, 0.15) is 25.2 Å². The molecule has 0 amide bonds. The zero-order valence-electron chi connectivity index (χ0n) is 8.27. The maximum Gasteiger partial charge on any atom is 0.152 e. The molecule has 2 aromatic rings. The Morgan fingerprint density at radius 3 is 2.43 bits per heavy atom. The summed E-state index contributed by atoms with van der Waals surface area (Å²) in [7, 11) is 0. The van der Waals surface area contributed by atoms with Gasteiger partial charge >= 0.3 is 0 Å². The number of hydrogen-bond donors (Lipinski definition) is 0. The molecule has 0 spiro atoms. The van der Waals surface area contributed by atoms with Crippen LogP contribution < -0.4 is 0 Å². The van der Waals surface area contributed by atoms with Crippen molar-refractivity contribution in [3.8, 4) is 0 Å². The van der Waals surface area contributed by atoms with Gasteiger partial charge in [0.2, 0.25) is 0 Å². The summed E-state index contributed by atoms with van der Waals surface area (Å²) in [4.78, 5) is 4.27. The Balaban J connectivity index is 2.43.